The van der Waals surface area contributed by atoms with Crippen molar-refractivity contribution >= 4 is 29.1 Å². The summed E-state index contributed by atoms with van der Waals surface area (Å²) < 4.78 is 0. The monoisotopic (exact) mass is 381 g/mol. The molecule has 4 heteroatoms. The Morgan fingerprint density at radius 3 is 2.38 bits per heavy atom. The van der Waals surface area contributed by atoms with E-state index in [1.165, 1.54) is 5.56 Å². The van der Waals surface area contributed by atoms with Crippen LogP contribution in [0.1, 0.15) is 33.1 Å². The molecule has 4 rings (SSSR count). The average molecular weight is 382 g/mol. The van der Waals surface area contributed by atoms with E-state index in [9.17, 15) is 4.79 Å². The highest BCUT2D eigenvalue weighted by Crippen LogP contribution is 2.38. The summed E-state index contributed by atoms with van der Waals surface area (Å²) >= 11 is 12.6. The molecular weight excluding hydrogens is 365 g/mol. The molecule has 0 aromatic heterocycles. The SMILES string of the molecule is O=C(c1cccc(Cl)c1)N1CCc2ccccc2C1c1ccccc1Cl. The third-order valence-electron chi connectivity index (χ3n) is 4.82. The highest BCUT2D eigenvalue weighted by Gasteiger charge is 2.33. The van der Waals surface area contributed by atoms with Gasteiger partial charge in [0.05, 0.1) is 6.04 Å². The van der Waals surface area contributed by atoms with Gasteiger partial charge in [-0.2, -0.15) is 0 Å². The highest BCUT2D eigenvalue weighted by atomic mass is 35.5. The van der Waals surface area contributed by atoms with E-state index in [2.05, 4.69) is 12.1 Å². The Kier molecular flexibility index (Phi) is 4.71. The Balaban J connectivity index is 1.83. The first kappa shape index (κ1) is 17.1. The van der Waals surface area contributed by atoms with E-state index in [4.69, 9.17) is 23.2 Å². The van der Waals surface area contributed by atoms with Gasteiger partial charge in [0.2, 0.25) is 0 Å². The molecule has 1 aliphatic rings. The van der Waals surface area contributed by atoms with Crippen LogP contribution in [0.15, 0.2) is 72.8 Å². The van der Waals surface area contributed by atoms with Gasteiger partial charge in [0.1, 0.15) is 0 Å². The Bertz CT molecular complexity index is 970. The van der Waals surface area contributed by atoms with E-state index in [-0.39, 0.29) is 11.9 Å². The van der Waals surface area contributed by atoms with Gasteiger partial charge >= 0.3 is 0 Å². The van der Waals surface area contributed by atoms with Crippen LogP contribution < -0.4 is 0 Å². The van der Waals surface area contributed by atoms with Gasteiger partial charge in [0, 0.05) is 22.2 Å². The van der Waals surface area contributed by atoms with Crippen LogP contribution in [0.25, 0.3) is 0 Å². The van der Waals surface area contributed by atoms with Crippen molar-refractivity contribution < 1.29 is 4.79 Å². The lowest BCUT2D eigenvalue weighted by molar-refractivity contribution is 0.0694. The lowest BCUT2D eigenvalue weighted by Gasteiger charge is -2.38. The van der Waals surface area contributed by atoms with Gasteiger partial charge in [-0.15, -0.1) is 0 Å². The van der Waals surface area contributed by atoms with Crippen molar-refractivity contribution in [3.63, 3.8) is 0 Å². The molecule has 3 aromatic rings. The van der Waals surface area contributed by atoms with Gasteiger partial charge in [0.25, 0.3) is 5.91 Å². The summed E-state index contributed by atoms with van der Waals surface area (Å²) in [5.74, 6) is -0.0353. The first-order valence-corrected chi connectivity index (χ1v) is 9.29. The summed E-state index contributed by atoms with van der Waals surface area (Å²) in [6.07, 6.45) is 0.823. The summed E-state index contributed by atoms with van der Waals surface area (Å²) in [5.41, 5.74) is 3.92. The topological polar surface area (TPSA) is 20.3 Å². The molecule has 0 N–H and O–H groups in total. The minimum Gasteiger partial charge on any atom is -0.327 e. The molecule has 1 aliphatic heterocycles. The van der Waals surface area contributed by atoms with Crippen molar-refractivity contribution in [2.24, 2.45) is 0 Å². The number of amides is 1. The number of rotatable bonds is 2. The molecule has 1 atom stereocenters. The number of benzene rings is 3. The number of fused-ring (bicyclic) bond motifs is 1. The van der Waals surface area contributed by atoms with Crippen molar-refractivity contribution in [1.29, 1.82) is 0 Å². The van der Waals surface area contributed by atoms with Crippen molar-refractivity contribution in [3.8, 4) is 0 Å². The minimum absolute atomic E-state index is 0.0353. The lowest BCUT2D eigenvalue weighted by atomic mass is 9.87. The van der Waals surface area contributed by atoms with Gasteiger partial charge in [0.15, 0.2) is 0 Å². The predicted octanol–water partition coefficient (Wildman–Crippen LogP) is 5.78. The van der Waals surface area contributed by atoms with Gasteiger partial charge in [-0.25, -0.2) is 0 Å². The van der Waals surface area contributed by atoms with Gasteiger partial charge < -0.3 is 4.90 Å². The van der Waals surface area contributed by atoms with Crippen LogP contribution in [0.2, 0.25) is 10.0 Å². The molecule has 1 unspecified atom stereocenters. The smallest absolute Gasteiger partial charge is 0.254 e. The van der Waals surface area contributed by atoms with E-state index in [0.717, 1.165) is 17.5 Å². The van der Waals surface area contributed by atoms with Crippen molar-refractivity contribution in [2.75, 3.05) is 6.54 Å². The normalized spacial score (nSPS) is 16.2. The molecule has 3 aromatic carbocycles. The molecule has 0 bridgehead atoms. The largest absolute Gasteiger partial charge is 0.327 e. The number of carbonyl (C=O) groups excluding carboxylic acids is 1. The summed E-state index contributed by atoms with van der Waals surface area (Å²) in [6.45, 7) is 0.637. The van der Waals surface area contributed by atoms with E-state index in [1.807, 2.05) is 41.3 Å². The third kappa shape index (κ3) is 3.11. The van der Waals surface area contributed by atoms with Crippen LogP contribution >= 0.6 is 23.2 Å². The minimum atomic E-state index is -0.208. The van der Waals surface area contributed by atoms with Crippen molar-refractivity contribution in [2.45, 2.75) is 12.5 Å². The number of halogens is 2. The molecule has 1 heterocycles. The van der Waals surface area contributed by atoms with Crippen LogP contribution in [-0.4, -0.2) is 17.4 Å². The standard InChI is InChI=1S/C22H17Cl2NO/c23-17-8-5-7-16(14-17)22(26)25-13-12-15-6-1-2-9-18(15)21(25)19-10-3-4-11-20(19)24/h1-11,14,21H,12-13H2. The summed E-state index contributed by atoms with van der Waals surface area (Å²) in [6, 6.07) is 22.9. The third-order valence-corrected chi connectivity index (χ3v) is 5.39. The zero-order valence-electron chi connectivity index (χ0n) is 14.0. The zero-order chi connectivity index (χ0) is 18.1. The highest BCUT2D eigenvalue weighted by molar-refractivity contribution is 6.31. The fourth-order valence-electron chi connectivity index (χ4n) is 3.60. The Morgan fingerprint density at radius 1 is 0.885 bits per heavy atom. The molecule has 2 nitrogen and oxygen atoms in total. The molecule has 26 heavy (non-hydrogen) atoms. The molecule has 0 spiro atoms. The summed E-state index contributed by atoms with van der Waals surface area (Å²) in [4.78, 5) is 15.2. The van der Waals surface area contributed by atoms with E-state index in [1.54, 1.807) is 24.3 Å². The Labute approximate surface area is 163 Å². The summed E-state index contributed by atoms with van der Waals surface area (Å²) in [7, 11) is 0. The van der Waals surface area contributed by atoms with E-state index in [0.29, 0.717) is 22.2 Å². The predicted molar refractivity (Wildman–Crippen MR) is 106 cm³/mol. The van der Waals surface area contributed by atoms with Crippen molar-refractivity contribution in [3.05, 3.63) is 105 Å². The van der Waals surface area contributed by atoms with Crippen LogP contribution in [0.4, 0.5) is 0 Å². The Hall–Kier alpha value is -2.29. The zero-order valence-corrected chi connectivity index (χ0v) is 15.5. The first-order valence-electron chi connectivity index (χ1n) is 8.54. The number of carbonyl (C=O) groups is 1. The van der Waals surface area contributed by atoms with Gasteiger partial charge in [-0.3, -0.25) is 4.79 Å². The number of hydrogen-bond donors (Lipinski definition) is 0. The number of nitrogens with zero attached hydrogens (tertiary/aromatic N) is 1. The van der Waals surface area contributed by atoms with Gasteiger partial charge in [-0.05, 0) is 47.4 Å². The van der Waals surface area contributed by atoms with E-state index >= 15 is 0 Å². The second-order valence-corrected chi connectivity index (χ2v) is 7.23. The molecule has 130 valence electrons. The number of hydrogen-bond acceptors (Lipinski definition) is 1. The van der Waals surface area contributed by atoms with E-state index < -0.39 is 0 Å². The van der Waals surface area contributed by atoms with Crippen LogP contribution in [0, 0.1) is 0 Å². The molecule has 1 amide bonds. The van der Waals surface area contributed by atoms with Crippen LogP contribution in [-0.2, 0) is 6.42 Å². The second-order valence-electron chi connectivity index (χ2n) is 6.38. The lowest BCUT2D eigenvalue weighted by Crippen LogP contribution is -2.40. The van der Waals surface area contributed by atoms with Crippen molar-refractivity contribution in [1.82, 2.24) is 4.90 Å². The molecule has 0 aliphatic carbocycles. The summed E-state index contributed by atoms with van der Waals surface area (Å²) in [5, 5.41) is 1.22. The maximum Gasteiger partial charge on any atom is 0.254 e. The quantitative estimate of drug-likeness (QED) is 0.550. The molecule has 0 fully saturated rings. The molecule has 0 radical (unpaired) electrons. The van der Waals surface area contributed by atoms with Crippen LogP contribution in [0.5, 0.6) is 0 Å². The first-order chi connectivity index (χ1) is 12.6. The van der Waals surface area contributed by atoms with Crippen LogP contribution in [0.3, 0.4) is 0 Å². The maximum absolute atomic E-state index is 13.3. The average Bonchev–Trinajstić information content (AvgIpc) is 2.67. The van der Waals surface area contributed by atoms with Gasteiger partial charge in [-0.1, -0.05) is 71.7 Å². The Morgan fingerprint density at radius 2 is 1.62 bits per heavy atom. The molecule has 0 saturated heterocycles. The fourth-order valence-corrected chi connectivity index (χ4v) is 4.03. The molecular formula is C22H17Cl2NO. The second kappa shape index (κ2) is 7.14. The molecule has 0 saturated carbocycles. The maximum atomic E-state index is 13.3. The fraction of sp³-hybridized carbons (Fsp3) is 0.136.